The predicted octanol–water partition coefficient (Wildman–Crippen LogP) is -0.591. The smallest absolute Gasteiger partial charge is 0.312 e. The third-order valence-electron chi connectivity index (χ3n) is 3.06. The lowest BCUT2D eigenvalue weighted by atomic mass is 9.96. The molecule has 8 nitrogen and oxygen atoms in total. The topological polar surface area (TPSA) is 126 Å². The number of unbranched alkanes of at least 4 members (excludes halogenated alkanes) is 1. The molecule has 1 saturated heterocycles. The maximum absolute atomic E-state index is 11.9. The van der Waals surface area contributed by atoms with Crippen LogP contribution in [-0.4, -0.2) is 50.9 Å². The Labute approximate surface area is 123 Å². The van der Waals surface area contributed by atoms with Crippen molar-refractivity contribution in [3.63, 3.8) is 0 Å². The van der Waals surface area contributed by atoms with Crippen LogP contribution in [0.25, 0.3) is 0 Å². The lowest BCUT2D eigenvalue weighted by Crippen LogP contribution is -2.32. The van der Waals surface area contributed by atoms with Gasteiger partial charge >= 0.3 is 11.9 Å². The summed E-state index contributed by atoms with van der Waals surface area (Å²) in [4.78, 5) is 27.5. The summed E-state index contributed by atoms with van der Waals surface area (Å²) in [6.07, 6.45) is 1.73. The molecule has 21 heavy (non-hydrogen) atoms. The van der Waals surface area contributed by atoms with Crippen LogP contribution >= 0.6 is 0 Å². The first kappa shape index (κ1) is 17.2. The molecule has 0 saturated carbocycles. The molecule has 1 aliphatic heterocycles. The molecule has 0 aromatic heterocycles. The number of aliphatic imine (C=N–C) groups is 1. The van der Waals surface area contributed by atoms with E-state index in [2.05, 4.69) is 4.99 Å². The number of nitrogens with zero attached hydrogens (tertiary/aromatic N) is 1. The first-order valence-corrected chi connectivity index (χ1v) is 7.02. The van der Waals surface area contributed by atoms with Crippen molar-refractivity contribution in [2.24, 2.45) is 28.3 Å². The SMILES string of the molecule is CCCCOC(=O)[C@@H]1COC[C@@H]1C(=O)OCCN=C(N)N. The van der Waals surface area contributed by atoms with Crippen molar-refractivity contribution in [2.75, 3.05) is 33.0 Å². The zero-order valence-corrected chi connectivity index (χ0v) is 12.2. The van der Waals surface area contributed by atoms with E-state index in [1.54, 1.807) is 0 Å². The van der Waals surface area contributed by atoms with Crippen molar-refractivity contribution in [3.05, 3.63) is 0 Å². The molecule has 0 aromatic carbocycles. The van der Waals surface area contributed by atoms with E-state index < -0.39 is 23.8 Å². The number of carbonyl (C=O) groups is 2. The van der Waals surface area contributed by atoms with Crippen LogP contribution in [0.1, 0.15) is 19.8 Å². The molecule has 0 aromatic rings. The molecule has 2 atom stereocenters. The average molecular weight is 301 g/mol. The number of ether oxygens (including phenoxy) is 3. The monoisotopic (exact) mass is 301 g/mol. The Balaban J connectivity index is 2.39. The van der Waals surface area contributed by atoms with Crippen LogP contribution in [0.15, 0.2) is 4.99 Å². The maximum atomic E-state index is 11.9. The van der Waals surface area contributed by atoms with E-state index >= 15 is 0 Å². The predicted molar refractivity (Wildman–Crippen MR) is 75.3 cm³/mol. The normalized spacial score (nSPS) is 20.8. The van der Waals surface area contributed by atoms with Gasteiger partial charge in [-0.3, -0.25) is 14.6 Å². The van der Waals surface area contributed by atoms with Crippen LogP contribution in [0.5, 0.6) is 0 Å². The number of nitrogens with two attached hydrogens (primary N) is 2. The summed E-state index contributed by atoms with van der Waals surface area (Å²) in [7, 11) is 0. The summed E-state index contributed by atoms with van der Waals surface area (Å²) in [5, 5.41) is 0. The number of rotatable bonds is 8. The highest BCUT2D eigenvalue weighted by Crippen LogP contribution is 2.23. The fourth-order valence-corrected chi connectivity index (χ4v) is 1.87. The second-order valence-electron chi connectivity index (χ2n) is 4.75. The summed E-state index contributed by atoms with van der Waals surface area (Å²) in [6.45, 7) is 2.95. The van der Waals surface area contributed by atoms with E-state index in [-0.39, 0.29) is 32.3 Å². The third-order valence-corrected chi connectivity index (χ3v) is 3.06. The molecule has 4 N–H and O–H groups in total. The van der Waals surface area contributed by atoms with Crippen LogP contribution in [0.4, 0.5) is 0 Å². The average Bonchev–Trinajstić information content (AvgIpc) is 2.92. The van der Waals surface area contributed by atoms with Gasteiger partial charge in [-0.15, -0.1) is 0 Å². The van der Waals surface area contributed by atoms with Gasteiger partial charge in [0.1, 0.15) is 6.61 Å². The minimum atomic E-state index is -0.627. The number of esters is 2. The maximum Gasteiger partial charge on any atom is 0.312 e. The fraction of sp³-hybridized carbons (Fsp3) is 0.769. The summed E-state index contributed by atoms with van der Waals surface area (Å²) in [5.41, 5.74) is 10.3. The molecule has 8 heteroatoms. The summed E-state index contributed by atoms with van der Waals surface area (Å²) in [6, 6.07) is 0. The summed E-state index contributed by atoms with van der Waals surface area (Å²) in [5.74, 6) is -2.19. The van der Waals surface area contributed by atoms with E-state index in [0.717, 1.165) is 12.8 Å². The first-order valence-electron chi connectivity index (χ1n) is 7.02. The quantitative estimate of drug-likeness (QED) is 0.265. The highest BCUT2D eigenvalue weighted by molar-refractivity contribution is 5.83. The Hall–Kier alpha value is -1.83. The molecule has 1 aliphatic rings. The molecule has 1 fully saturated rings. The number of guanidine groups is 1. The minimum absolute atomic E-state index is 0.0604. The Bertz CT molecular complexity index is 382. The standard InChI is InChI=1S/C13H23N3O5/c1-2-3-5-20-11(17)9-7-19-8-10(9)12(18)21-6-4-16-13(14)15/h9-10H,2-8H2,1H3,(H4,14,15,16)/t9-,10+/m1/s1. The Morgan fingerprint density at radius 1 is 1.14 bits per heavy atom. The number of carbonyl (C=O) groups excluding carboxylic acids is 2. The summed E-state index contributed by atoms with van der Waals surface area (Å²) < 4.78 is 15.4. The van der Waals surface area contributed by atoms with Gasteiger partial charge in [0.15, 0.2) is 5.96 Å². The van der Waals surface area contributed by atoms with Crippen LogP contribution in [0.2, 0.25) is 0 Å². The van der Waals surface area contributed by atoms with Crippen LogP contribution in [0, 0.1) is 11.8 Å². The molecule has 1 heterocycles. The molecule has 0 spiro atoms. The van der Waals surface area contributed by atoms with Crippen LogP contribution in [-0.2, 0) is 23.8 Å². The van der Waals surface area contributed by atoms with E-state index in [4.69, 9.17) is 25.7 Å². The van der Waals surface area contributed by atoms with E-state index in [1.165, 1.54) is 0 Å². The van der Waals surface area contributed by atoms with Crippen molar-refractivity contribution >= 4 is 17.9 Å². The molecule has 0 amide bonds. The highest BCUT2D eigenvalue weighted by atomic mass is 16.6. The van der Waals surface area contributed by atoms with E-state index in [1.807, 2.05) is 6.92 Å². The van der Waals surface area contributed by atoms with Crippen molar-refractivity contribution < 1.29 is 23.8 Å². The van der Waals surface area contributed by atoms with Crippen LogP contribution < -0.4 is 11.5 Å². The van der Waals surface area contributed by atoms with E-state index in [9.17, 15) is 9.59 Å². The van der Waals surface area contributed by atoms with Gasteiger partial charge in [-0.1, -0.05) is 13.3 Å². The number of hydrogen-bond acceptors (Lipinski definition) is 6. The molecule has 0 unspecified atom stereocenters. The van der Waals surface area contributed by atoms with Gasteiger partial charge in [-0.2, -0.15) is 0 Å². The second-order valence-corrected chi connectivity index (χ2v) is 4.75. The van der Waals surface area contributed by atoms with Crippen molar-refractivity contribution in [1.29, 1.82) is 0 Å². The Morgan fingerprint density at radius 2 is 1.71 bits per heavy atom. The molecular weight excluding hydrogens is 278 g/mol. The Morgan fingerprint density at radius 3 is 2.24 bits per heavy atom. The zero-order valence-electron chi connectivity index (χ0n) is 12.2. The zero-order chi connectivity index (χ0) is 15.7. The van der Waals surface area contributed by atoms with Crippen LogP contribution in [0.3, 0.4) is 0 Å². The van der Waals surface area contributed by atoms with Crippen molar-refractivity contribution in [2.45, 2.75) is 19.8 Å². The highest BCUT2D eigenvalue weighted by Gasteiger charge is 2.41. The van der Waals surface area contributed by atoms with Gasteiger partial charge in [0.25, 0.3) is 0 Å². The second kappa shape index (κ2) is 9.17. The lowest BCUT2D eigenvalue weighted by Gasteiger charge is -2.15. The molecule has 0 aliphatic carbocycles. The van der Waals surface area contributed by atoms with E-state index in [0.29, 0.717) is 6.61 Å². The van der Waals surface area contributed by atoms with Gasteiger partial charge in [-0.25, -0.2) is 0 Å². The van der Waals surface area contributed by atoms with Gasteiger partial charge in [-0.05, 0) is 6.42 Å². The minimum Gasteiger partial charge on any atom is -0.465 e. The Kier molecular flexibility index (Phi) is 7.52. The van der Waals surface area contributed by atoms with Gasteiger partial charge in [0, 0.05) is 0 Å². The fourth-order valence-electron chi connectivity index (χ4n) is 1.87. The molecule has 120 valence electrons. The van der Waals surface area contributed by atoms with Crippen molar-refractivity contribution in [3.8, 4) is 0 Å². The molecular formula is C13H23N3O5. The molecule has 0 bridgehead atoms. The summed E-state index contributed by atoms with van der Waals surface area (Å²) >= 11 is 0. The lowest BCUT2D eigenvalue weighted by molar-refractivity contribution is -0.158. The first-order chi connectivity index (χ1) is 10.1. The third kappa shape index (κ3) is 5.99. The largest absolute Gasteiger partial charge is 0.465 e. The van der Waals surface area contributed by atoms with Crippen molar-refractivity contribution in [1.82, 2.24) is 0 Å². The molecule has 1 rings (SSSR count). The van der Waals surface area contributed by atoms with Gasteiger partial charge < -0.3 is 25.7 Å². The number of hydrogen-bond donors (Lipinski definition) is 2. The van der Waals surface area contributed by atoms with Gasteiger partial charge in [0.05, 0.1) is 38.2 Å². The molecule has 0 radical (unpaired) electrons. The van der Waals surface area contributed by atoms with Gasteiger partial charge in [0.2, 0.25) is 0 Å².